The van der Waals surface area contributed by atoms with E-state index in [1.807, 2.05) is 0 Å². The van der Waals surface area contributed by atoms with Gasteiger partial charge in [-0.1, -0.05) is 0 Å². The van der Waals surface area contributed by atoms with Crippen LogP contribution in [0.3, 0.4) is 0 Å². The van der Waals surface area contributed by atoms with Gasteiger partial charge in [0.25, 0.3) is 9.05 Å². The van der Waals surface area contributed by atoms with Crippen LogP contribution in [0.15, 0.2) is 23.1 Å². The molecule has 0 unspecified atom stereocenters. The van der Waals surface area contributed by atoms with Crippen molar-refractivity contribution in [1.29, 1.82) is 0 Å². The highest BCUT2D eigenvalue weighted by Crippen LogP contribution is 2.35. The van der Waals surface area contributed by atoms with Gasteiger partial charge in [-0.05, 0) is 39.0 Å². The Labute approximate surface area is 128 Å². The normalized spacial score (nSPS) is 15.1. The third-order valence-electron chi connectivity index (χ3n) is 2.69. The summed E-state index contributed by atoms with van der Waals surface area (Å²) in [6.45, 7) is 5.84. The first-order valence-corrected chi connectivity index (χ1v) is 8.61. The molecule has 0 fully saturated rings. The number of fused-ring (bicyclic) bond motifs is 1. The standard InChI is InChI=1S/C13H16ClNO5S/c1-13(2,3)20-12(16)15-6-7-19-11-5-4-9(8-10(11)15)21(14,17)18/h4-5,8H,6-7H2,1-3H3. The molecule has 116 valence electrons. The molecule has 0 saturated heterocycles. The van der Waals surface area contributed by atoms with Gasteiger partial charge in [0.2, 0.25) is 0 Å². The summed E-state index contributed by atoms with van der Waals surface area (Å²) in [6, 6.07) is 4.11. The van der Waals surface area contributed by atoms with Crippen molar-refractivity contribution in [3.05, 3.63) is 18.2 Å². The van der Waals surface area contributed by atoms with Crippen LogP contribution in [0.25, 0.3) is 0 Å². The zero-order chi connectivity index (χ0) is 15.8. The van der Waals surface area contributed by atoms with E-state index in [-0.39, 0.29) is 11.4 Å². The number of hydrogen-bond donors (Lipinski definition) is 0. The molecule has 0 aliphatic carbocycles. The molecule has 2 rings (SSSR count). The van der Waals surface area contributed by atoms with Crippen molar-refractivity contribution in [2.24, 2.45) is 0 Å². The molecule has 0 spiro atoms. The summed E-state index contributed by atoms with van der Waals surface area (Å²) in [5, 5.41) is 0. The molecule has 21 heavy (non-hydrogen) atoms. The lowest BCUT2D eigenvalue weighted by Gasteiger charge is -2.31. The predicted molar refractivity (Wildman–Crippen MR) is 78.6 cm³/mol. The first-order valence-electron chi connectivity index (χ1n) is 6.30. The van der Waals surface area contributed by atoms with Gasteiger partial charge in [0.1, 0.15) is 18.0 Å². The van der Waals surface area contributed by atoms with Crippen LogP contribution in [0, 0.1) is 0 Å². The van der Waals surface area contributed by atoms with Crippen molar-refractivity contribution in [3.63, 3.8) is 0 Å². The number of halogens is 1. The van der Waals surface area contributed by atoms with Crippen LogP contribution in [-0.4, -0.2) is 33.3 Å². The second kappa shape index (κ2) is 5.38. The fourth-order valence-electron chi connectivity index (χ4n) is 1.86. The summed E-state index contributed by atoms with van der Waals surface area (Å²) in [4.78, 5) is 13.5. The van der Waals surface area contributed by atoms with Gasteiger partial charge in [0.15, 0.2) is 0 Å². The van der Waals surface area contributed by atoms with Gasteiger partial charge in [-0.15, -0.1) is 0 Å². The van der Waals surface area contributed by atoms with Gasteiger partial charge in [0.05, 0.1) is 17.1 Å². The minimum atomic E-state index is -3.88. The summed E-state index contributed by atoms with van der Waals surface area (Å²) in [6.07, 6.45) is -0.559. The molecule has 6 nitrogen and oxygen atoms in total. The maximum Gasteiger partial charge on any atom is 0.415 e. The van der Waals surface area contributed by atoms with Crippen molar-refractivity contribution in [2.45, 2.75) is 31.3 Å². The van der Waals surface area contributed by atoms with E-state index in [2.05, 4.69) is 0 Å². The molecular formula is C13H16ClNO5S. The molecule has 0 atom stereocenters. The van der Waals surface area contributed by atoms with Crippen LogP contribution < -0.4 is 9.64 Å². The van der Waals surface area contributed by atoms with Crippen LogP contribution in [0.4, 0.5) is 10.5 Å². The van der Waals surface area contributed by atoms with E-state index in [9.17, 15) is 13.2 Å². The SMILES string of the molecule is CC(C)(C)OC(=O)N1CCOc2ccc(S(=O)(=O)Cl)cc21. The Kier molecular flexibility index (Phi) is 4.08. The number of rotatable bonds is 1. The average molecular weight is 334 g/mol. The largest absolute Gasteiger partial charge is 0.490 e. The van der Waals surface area contributed by atoms with Crippen LogP contribution in [0.2, 0.25) is 0 Å². The number of anilines is 1. The summed E-state index contributed by atoms with van der Waals surface area (Å²) in [5.74, 6) is 0.413. The van der Waals surface area contributed by atoms with Crippen molar-refractivity contribution in [1.82, 2.24) is 0 Å². The van der Waals surface area contributed by atoms with E-state index in [1.54, 1.807) is 20.8 Å². The molecule has 1 aliphatic rings. The first kappa shape index (κ1) is 15.9. The fraction of sp³-hybridized carbons (Fsp3) is 0.462. The highest BCUT2D eigenvalue weighted by molar-refractivity contribution is 8.13. The predicted octanol–water partition coefficient (Wildman–Crippen LogP) is 2.75. The summed E-state index contributed by atoms with van der Waals surface area (Å²) in [7, 11) is 1.45. The maximum atomic E-state index is 12.2. The molecule has 1 aromatic rings. The maximum absolute atomic E-state index is 12.2. The van der Waals surface area contributed by atoms with Gasteiger partial charge in [-0.25, -0.2) is 13.2 Å². The lowest BCUT2D eigenvalue weighted by molar-refractivity contribution is 0.0567. The number of ether oxygens (including phenoxy) is 2. The Bertz CT molecular complexity index is 666. The molecule has 1 heterocycles. The second-order valence-electron chi connectivity index (χ2n) is 5.55. The number of carbonyl (C=O) groups is 1. The zero-order valence-corrected chi connectivity index (χ0v) is 13.5. The molecule has 8 heteroatoms. The summed E-state index contributed by atoms with van der Waals surface area (Å²) < 4.78 is 33.6. The molecular weight excluding hydrogens is 318 g/mol. The highest BCUT2D eigenvalue weighted by Gasteiger charge is 2.29. The molecule has 0 radical (unpaired) electrons. The minimum Gasteiger partial charge on any atom is -0.490 e. The first-order chi connectivity index (χ1) is 9.58. The molecule has 1 aromatic carbocycles. The van der Waals surface area contributed by atoms with E-state index >= 15 is 0 Å². The van der Waals surface area contributed by atoms with E-state index in [0.29, 0.717) is 18.0 Å². The van der Waals surface area contributed by atoms with E-state index in [1.165, 1.54) is 23.1 Å². The average Bonchev–Trinajstić information content (AvgIpc) is 2.34. The van der Waals surface area contributed by atoms with Gasteiger partial charge < -0.3 is 9.47 Å². The number of nitrogens with zero attached hydrogens (tertiary/aromatic N) is 1. The summed E-state index contributed by atoms with van der Waals surface area (Å²) in [5.41, 5.74) is -0.316. The van der Waals surface area contributed by atoms with Crippen molar-refractivity contribution in [3.8, 4) is 5.75 Å². The third kappa shape index (κ3) is 3.79. The van der Waals surface area contributed by atoms with Gasteiger partial charge >= 0.3 is 6.09 Å². The van der Waals surface area contributed by atoms with E-state index in [4.69, 9.17) is 20.2 Å². The molecule has 0 N–H and O–H groups in total. The number of amides is 1. The Morgan fingerprint density at radius 3 is 2.62 bits per heavy atom. The number of hydrogen-bond acceptors (Lipinski definition) is 5. The smallest absolute Gasteiger partial charge is 0.415 e. The minimum absolute atomic E-state index is 0.0954. The van der Waals surface area contributed by atoms with Crippen LogP contribution >= 0.6 is 10.7 Å². The van der Waals surface area contributed by atoms with Crippen LogP contribution in [0.1, 0.15) is 20.8 Å². The number of carbonyl (C=O) groups excluding carboxylic acids is 1. The third-order valence-corrected chi connectivity index (χ3v) is 4.04. The Morgan fingerprint density at radius 1 is 1.38 bits per heavy atom. The quantitative estimate of drug-likeness (QED) is 0.739. The van der Waals surface area contributed by atoms with E-state index < -0.39 is 20.7 Å². The zero-order valence-electron chi connectivity index (χ0n) is 11.9. The lowest BCUT2D eigenvalue weighted by atomic mass is 10.2. The highest BCUT2D eigenvalue weighted by atomic mass is 35.7. The molecule has 0 saturated carbocycles. The Hall–Kier alpha value is -1.47. The van der Waals surface area contributed by atoms with Crippen LogP contribution in [0.5, 0.6) is 5.75 Å². The molecule has 0 aromatic heterocycles. The Balaban J connectivity index is 2.40. The van der Waals surface area contributed by atoms with Gasteiger partial charge in [0, 0.05) is 10.7 Å². The second-order valence-corrected chi connectivity index (χ2v) is 8.11. The number of benzene rings is 1. The fourth-order valence-corrected chi connectivity index (χ4v) is 2.63. The van der Waals surface area contributed by atoms with Crippen LogP contribution in [-0.2, 0) is 13.8 Å². The van der Waals surface area contributed by atoms with Crippen molar-refractivity contribution in [2.75, 3.05) is 18.1 Å². The monoisotopic (exact) mass is 333 g/mol. The Morgan fingerprint density at radius 2 is 2.05 bits per heavy atom. The van der Waals surface area contributed by atoms with Gasteiger partial charge in [-0.3, -0.25) is 4.90 Å². The van der Waals surface area contributed by atoms with Crippen molar-refractivity contribution >= 4 is 31.5 Å². The molecule has 0 bridgehead atoms. The van der Waals surface area contributed by atoms with E-state index in [0.717, 1.165) is 0 Å². The molecule has 1 aliphatic heterocycles. The summed E-state index contributed by atoms with van der Waals surface area (Å²) >= 11 is 0. The molecule has 1 amide bonds. The topological polar surface area (TPSA) is 72.9 Å². The van der Waals surface area contributed by atoms with Crippen molar-refractivity contribution < 1.29 is 22.7 Å². The lowest BCUT2D eigenvalue weighted by Crippen LogP contribution is -2.41. The van der Waals surface area contributed by atoms with Gasteiger partial charge in [-0.2, -0.15) is 0 Å².